The molecule has 0 spiro atoms. The predicted octanol–water partition coefficient (Wildman–Crippen LogP) is 1.89. The molecule has 0 atom stereocenters. The minimum atomic E-state index is 0.0504. The van der Waals surface area contributed by atoms with Crippen LogP contribution in [0, 0.1) is 0 Å². The van der Waals surface area contributed by atoms with Gasteiger partial charge >= 0.3 is 0 Å². The van der Waals surface area contributed by atoms with Crippen molar-refractivity contribution in [1.29, 1.82) is 0 Å². The summed E-state index contributed by atoms with van der Waals surface area (Å²) in [5.74, 6) is 0.140. The topological polar surface area (TPSA) is 58.4 Å². The van der Waals surface area contributed by atoms with Crippen LogP contribution in [0.3, 0.4) is 0 Å². The van der Waals surface area contributed by atoms with Crippen molar-refractivity contribution in [2.75, 3.05) is 26.2 Å². The molecule has 0 radical (unpaired) electrons. The number of nitrogens with one attached hydrogen (secondary N) is 1. The molecule has 1 saturated carbocycles. The smallest absolute Gasteiger partial charge is 0.234 e. The predicted molar refractivity (Wildman–Crippen MR) is 80.0 cm³/mol. The van der Waals surface area contributed by atoms with Crippen LogP contribution in [-0.2, 0) is 4.79 Å². The first kappa shape index (κ1) is 16.4. The maximum absolute atomic E-state index is 12.0. The highest BCUT2D eigenvalue weighted by atomic mass is 16.2. The number of carbonyl (C=O) groups is 1. The highest BCUT2D eigenvalue weighted by Crippen LogP contribution is 2.31. The van der Waals surface area contributed by atoms with Crippen LogP contribution in [0.5, 0.6) is 0 Å². The maximum Gasteiger partial charge on any atom is 0.234 e. The standard InChI is InChI=1S/C15H31N3O/c1-3-11-17-14(19)12-18(4-2)15(13-16)9-7-5-6-8-10-15/h3-13,16H2,1-2H3,(H,17,19). The summed E-state index contributed by atoms with van der Waals surface area (Å²) in [6, 6.07) is 0. The zero-order valence-electron chi connectivity index (χ0n) is 12.7. The number of hydrogen-bond donors (Lipinski definition) is 2. The van der Waals surface area contributed by atoms with Gasteiger partial charge in [0.25, 0.3) is 0 Å². The summed E-state index contributed by atoms with van der Waals surface area (Å²) in [6.45, 7) is 7.04. The molecule has 19 heavy (non-hydrogen) atoms. The Morgan fingerprint density at radius 3 is 2.32 bits per heavy atom. The minimum Gasteiger partial charge on any atom is -0.355 e. The Morgan fingerprint density at radius 2 is 1.84 bits per heavy atom. The van der Waals surface area contributed by atoms with E-state index < -0.39 is 0 Å². The van der Waals surface area contributed by atoms with E-state index in [2.05, 4.69) is 24.1 Å². The lowest BCUT2D eigenvalue weighted by molar-refractivity contribution is -0.124. The van der Waals surface area contributed by atoms with Crippen molar-refractivity contribution in [3.8, 4) is 0 Å². The van der Waals surface area contributed by atoms with Gasteiger partial charge in [-0.15, -0.1) is 0 Å². The van der Waals surface area contributed by atoms with Gasteiger partial charge in [-0.25, -0.2) is 0 Å². The van der Waals surface area contributed by atoms with Gasteiger partial charge in [0.2, 0.25) is 5.91 Å². The van der Waals surface area contributed by atoms with Crippen LogP contribution >= 0.6 is 0 Å². The van der Waals surface area contributed by atoms with Gasteiger partial charge in [0.05, 0.1) is 6.54 Å². The fraction of sp³-hybridized carbons (Fsp3) is 0.933. The van der Waals surface area contributed by atoms with Gasteiger partial charge < -0.3 is 11.1 Å². The molecule has 1 aliphatic rings. The van der Waals surface area contributed by atoms with Crippen molar-refractivity contribution in [2.24, 2.45) is 5.73 Å². The van der Waals surface area contributed by atoms with E-state index in [9.17, 15) is 4.79 Å². The summed E-state index contributed by atoms with van der Waals surface area (Å²) < 4.78 is 0. The average molecular weight is 269 g/mol. The third-order valence-corrected chi connectivity index (χ3v) is 4.37. The summed E-state index contributed by atoms with van der Waals surface area (Å²) in [6.07, 6.45) is 8.36. The van der Waals surface area contributed by atoms with Crippen LogP contribution in [0.4, 0.5) is 0 Å². The van der Waals surface area contributed by atoms with E-state index in [0.717, 1.165) is 32.4 Å². The fourth-order valence-corrected chi connectivity index (χ4v) is 3.14. The lowest BCUT2D eigenvalue weighted by Crippen LogP contribution is -2.56. The molecule has 4 nitrogen and oxygen atoms in total. The Kier molecular flexibility index (Phi) is 7.39. The number of likely N-dealkylation sites (N-methyl/N-ethyl adjacent to an activating group) is 1. The van der Waals surface area contributed by atoms with Crippen LogP contribution in [-0.4, -0.2) is 42.5 Å². The molecule has 4 heteroatoms. The number of nitrogens with two attached hydrogens (primary N) is 1. The van der Waals surface area contributed by atoms with Gasteiger partial charge in [0, 0.05) is 18.6 Å². The van der Waals surface area contributed by atoms with E-state index in [1.807, 2.05) is 0 Å². The third kappa shape index (κ3) is 4.77. The van der Waals surface area contributed by atoms with Crippen LogP contribution in [0.15, 0.2) is 0 Å². The summed E-state index contributed by atoms with van der Waals surface area (Å²) >= 11 is 0. The molecule has 0 aromatic heterocycles. The summed E-state index contributed by atoms with van der Waals surface area (Å²) in [4.78, 5) is 14.3. The highest BCUT2D eigenvalue weighted by Gasteiger charge is 2.35. The van der Waals surface area contributed by atoms with Crippen molar-refractivity contribution in [2.45, 2.75) is 64.3 Å². The lowest BCUT2D eigenvalue weighted by atomic mass is 9.88. The molecule has 0 heterocycles. The third-order valence-electron chi connectivity index (χ3n) is 4.37. The molecular formula is C15H31N3O. The molecule has 0 aliphatic heterocycles. The minimum absolute atomic E-state index is 0.0504. The second-order valence-electron chi connectivity index (χ2n) is 5.71. The van der Waals surface area contributed by atoms with Crippen LogP contribution in [0.1, 0.15) is 58.8 Å². The fourth-order valence-electron chi connectivity index (χ4n) is 3.14. The Morgan fingerprint density at radius 1 is 1.21 bits per heavy atom. The van der Waals surface area contributed by atoms with Gasteiger partial charge in [0.1, 0.15) is 0 Å². The molecule has 0 aromatic carbocycles. The van der Waals surface area contributed by atoms with Gasteiger partial charge in [-0.2, -0.15) is 0 Å². The van der Waals surface area contributed by atoms with Gasteiger partial charge in [0.15, 0.2) is 0 Å². The molecule has 0 unspecified atom stereocenters. The second-order valence-corrected chi connectivity index (χ2v) is 5.71. The monoisotopic (exact) mass is 269 g/mol. The van der Waals surface area contributed by atoms with E-state index in [4.69, 9.17) is 5.73 Å². The summed E-state index contributed by atoms with van der Waals surface area (Å²) in [5.41, 5.74) is 6.14. The maximum atomic E-state index is 12.0. The molecular weight excluding hydrogens is 238 g/mol. The first-order valence-corrected chi connectivity index (χ1v) is 7.90. The van der Waals surface area contributed by atoms with Crippen molar-refractivity contribution in [1.82, 2.24) is 10.2 Å². The van der Waals surface area contributed by atoms with Crippen LogP contribution in [0.25, 0.3) is 0 Å². The zero-order valence-corrected chi connectivity index (χ0v) is 12.7. The van der Waals surface area contributed by atoms with Crippen LogP contribution in [0.2, 0.25) is 0 Å². The number of carbonyl (C=O) groups excluding carboxylic acids is 1. The van der Waals surface area contributed by atoms with Gasteiger partial charge in [-0.3, -0.25) is 9.69 Å². The molecule has 112 valence electrons. The Balaban J connectivity index is 2.65. The Bertz CT molecular complexity index is 260. The molecule has 1 rings (SSSR count). The highest BCUT2D eigenvalue weighted by molar-refractivity contribution is 5.78. The molecule has 1 fully saturated rings. The quantitative estimate of drug-likeness (QED) is 0.694. The normalized spacial score (nSPS) is 19.2. The van der Waals surface area contributed by atoms with E-state index in [1.165, 1.54) is 25.7 Å². The van der Waals surface area contributed by atoms with E-state index in [0.29, 0.717) is 13.1 Å². The molecule has 0 aromatic rings. The number of nitrogens with zero attached hydrogens (tertiary/aromatic N) is 1. The summed E-state index contributed by atoms with van der Waals surface area (Å²) in [5, 5.41) is 2.97. The Hall–Kier alpha value is -0.610. The van der Waals surface area contributed by atoms with Gasteiger partial charge in [-0.1, -0.05) is 39.5 Å². The van der Waals surface area contributed by atoms with E-state index in [1.54, 1.807) is 0 Å². The zero-order chi connectivity index (χ0) is 14.1. The summed E-state index contributed by atoms with van der Waals surface area (Å²) in [7, 11) is 0. The lowest BCUT2D eigenvalue weighted by Gasteiger charge is -2.42. The Labute approximate surface area is 118 Å². The van der Waals surface area contributed by atoms with E-state index >= 15 is 0 Å². The number of amides is 1. The molecule has 0 bridgehead atoms. The molecule has 1 aliphatic carbocycles. The first-order valence-electron chi connectivity index (χ1n) is 7.90. The first-order chi connectivity index (χ1) is 9.18. The second kappa shape index (κ2) is 8.54. The van der Waals surface area contributed by atoms with Crippen molar-refractivity contribution < 1.29 is 4.79 Å². The van der Waals surface area contributed by atoms with E-state index in [-0.39, 0.29) is 11.4 Å². The largest absolute Gasteiger partial charge is 0.355 e. The SMILES string of the molecule is CCCNC(=O)CN(CC)C1(CN)CCCCCC1. The van der Waals surface area contributed by atoms with Crippen molar-refractivity contribution in [3.63, 3.8) is 0 Å². The van der Waals surface area contributed by atoms with Crippen LogP contribution < -0.4 is 11.1 Å². The van der Waals surface area contributed by atoms with Crippen molar-refractivity contribution >= 4 is 5.91 Å². The molecule has 3 N–H and O–H groups in total. The average Bonchev–Trinajstić information content (AvgIpc) is 2.68. The number of hydrogen-bond acceptors (Lipinski definition) is 3. The van der Waals surface area contributed by atoms with Gasteiger partial charge in [-0.05, 0) is 25.8 Å². The molecule has 0 saturated heterocycles. The molecule has 1 amide bonds. The number of rotatable bonds is 7. The van der Waals surface area contributed by atoms with Crippen molar-refractivity contribution in [3.05, 3.63) is 0 Å².